The summed E-state index contributed by atoms with van der Waals surface area (Å²) in [5.74, 6) is -0.679. The first-order valence-corrected chi connectivity index (χ1v) is 11.2. The van der Waals surface area contributed by atoms with Crippen LogP contribution in [0.4, 0.5) is 0 Å². The fraction of sp³-hybridized carbons (Fsp3) is 0.647. The summed E-state index contributed by atoms with van der Waals surface area (Å²) in [6, 6.07) is 3.32. The van der Waals surface area contributed by atoms with Crippen molar-refractivity contribution in [1.82, 2.24) is 9.21 Å². The second-order valence-corrected chi connectivity index (χ2v) is 9.87. The van der Waals surface area contributed by atoms with Crippen molar-refractivity contribution >= 4 is 33.2 Å². The molecular weight excluding hydrogens is 376 g/mol. The van der Waals surface area contributed by atoms with Crippen LogP contribution in [0.15, 0.2) is 21.7 Å². The number of thiophene rings is 1. The van der Waals surface area contributed by atoms with E-state index in [1.807, 2.05) is 0 Å². The molecule has 3 rings (SSSR count). The van der Waals surface area contributed by atoms with Gasteiger partial charge >= 0.3 is 5.97 Å². The fourth-order valence-electron chi connectivity index (χ4n) is 3.66. The molecule has 0 spiro atoms. The molecule has 0 N–H and O–H groups in total. The van der Waals surface area contributed by atoms with Crippen molar-refractivity contribution in [2.24, 2.45) is 11.8 Å². The summed E-state index contributed by atoms with van der Waals surface area (Å²) in [6.45, 7) is 1.73. The van der Waals surface area contributed by atoms with Crippen LogP contribution in [0.25, 0.3) is 0 Å². The Labute approximate surface area is 158 Å². The third kappa shape index (κ3) is 3.94. The number of piperidine rings is 2. The van der Waals surface area contributed by atoms with Crippen LogP contribution in [0, 0.1) is 11.8 Å². The summed E-state index contributed by atoms with van der Waals surface area (Å²) in [5.41, 5.74) is 0. The lowest BCUT2D eigenvalue weighted by molar-refractivity contribution is -0.149. The molecule has 0 radical (unpaired) electrons. The maximum absolute atomic E-state index is 12.8. The van der Waals surface area contributed by atoms with E-state index in [0.717, 1.165) is 0 Å². The van der Waals surface area contributed by atoms with Crippen LogP contribution in [-0.2, 0) is 24.3 Å². The molecule has 2 saturated heterocycles. The number of methoxy groups -OCH3 is 1. The average molecular weight is 401 g/mol. The Kier molecular flexibility index (Phi) is 5.99. The van der Waals surface area contributed by atoms with Crippen molar-refractivity contribution < 1.29 is 22.7 Å². The molecule has 2 fully saturated rings. The Bertz CT molecular complexity index is 739. The van der Waals surface area contributed by atoms with Crippen LogP contribution in [0.1, 0.15) is 25.7 Å². The predicted molar refractivity (Wildman–Crippen MR) is 97.1 cm³/mol. The molecule has 1 atom stereocenters. The summed E-state index contributed by atoms with van der Waals surface area (Å²) in [4.78, 5) is 26.2. The molecule has 0 bridgehead atoms. The summed E-state index contributed by atoms with van der Waals surface area (Å²) in [7, 11) is -2.14. The van der Waals surface area contributed by atoms with Crippen molar-refractivity contribution in [3.8, 4) is 0 Å². The molecule has 2 aliphatic heterocycles. The number of hydrogen-bond acceptors (Lipinski definition) is 6. The number of sulfonamides is 1. The molecule has 9 heteroatoms. The van der Waals surface area contributed by atoms with Crippen molar-refractivity contribution in [3.63, 3.8) is 0 Å². The molecule has 2 aliphatic rings. The lowest BCUT2D eigenvalue weighted by Gasteiger charge is -2.36. The summed E-state index contributed by atoms with van der Waals surface area (Å²) < 4.78 is 31.9. The first-order valence-electron chi connectivity index (χ1n) is 8.83. The molecule has 1 aromatic heterocycles. The number of amides is 1. The highest BCUT2D eigenvalue weighted by Crippen LogP contribution is 2.28. The second-order valence-electron chi connectivity index (χ2n) is 6.76. The number of hydrogen-bond donors (Lipinski definition) is 0. The van der Waals surface area contributed by atoms with E-state index >= 15 is 0 Å². The van der Waals surface area contributed by atoms with Gasteiger partial charge in [-0.2, -0.15) is 4.31 Å². The van der Waals surface area contributed by atoms with E-state index in [1.165, 1.54) is 22.8 Å². The number of likely N-dealkylation sites (tertiary alicyclic amines) is 1. The number of ether oxygens (including phenoxy) is 1. The van der Waals surface area contributed by atoms with E-state index in [1.54, 1.807) is 22.4 Å². The average Bonchev–Trinajstić information content (AvgIpc) is 3.23. The van der Waals surface area contributed by atoms with Gasteiger partial charge in [0.1, 0.15) is 4.21 Å². The van der Waals surface area contributed by atoms with Gasteiger partial charge in [-0.1, -0.05) is 6.07 Å². The summed E-state index contributed by atoms with van der Waals surface area (Å²) in [6.07, 6.45) is 2.58. The van der Waals surface area contributed by atoms with Gasteiger partial charge in [0.05, 0.1) is 18.9 Å². The number of esters is 1. The van der Waals surface area contributed by atoms with Crippen LogP contribution in [0.2, 0.25) is 0 Å². The Hall–Kier alpha value is -1.45. The van der Waals surface area contributed by atoms with Gasteiger partial charge in [-0.25, -0.2) is 8.42 Å². The molecule has 144 valence electrons. The highest BCUT2D eigenvalue weighted by Gasteiger charge is 2.37. The quantitative estimate of drug-likeness (QED) is 0.716. The minimum atomic E-state index is -3.52. The Balaban J connectivity index is 1.61. The van der Waals surface area contributed by atoms with Crippen LogP contribution in [0.3, 0.4) is 0 Å². The van der Waals surface area contributed by atoms with Crippen LogP contribution < -0.4 is 0 Å². The zero-order valence-electron chi connectivity index (χ0n) is 14.8. The van der Waals surface area contributed by atoms with E-state index in [9.17, 15) is 18.0 Å². The Morgan fingerprint density at radius 2 is 1.88 bits per heavy atom. The summed E-state index contributed by atoms with van der Waals surface area (Å²) >= 11 is 1.20. The zero-order valence-corrected chi connectivity index (χ0v) is 16.4. The van der Waals surface area contributed by atoms with Crippen molar-refractivity contribution in [2.75, 3.05) is 33.3 Å². The Morgan fingerprint density at radius 3 is 2.50 bits per heavy atom. The minimum absolute atomic E-state index is 0.000560. The molecule has 7 nitrogen and oxygen atoms in total. The topological polar surface area (TPSA) is 84.0 Å². The van der Waals surface area contributed by atoms with E-state index in [0.29, 0.717) is 49.5 Å². The second kappa shape index (κ2) is 8.06. The Morgan fingerprint density at radius 1 is 1.15 bits per heavy atom. The standard InChI is InChI=1S/C17H24N2O5S2/c1-24-17(21)13-6-9-18(10-7-13)16(20)14-4-2-8-19(12-14)26(22,23)15-5-3-11-25-15/h3,5,11,13-14H,2,4,6-10,12H2,1H3/t14-/m1/s1. The lowest BCUT2D eigenvalue weighted by Crippen LogP contribution is -2.49. The minimum Gasteiger partial charge on any atom is -0.469 e. The van der Waals surface area contributed by atoms with Crippen molar-refractivity contribution in [1.29, 1.82) is 0 Å². The van der Waals surface area contributed by atoms with Gasteiger partial charge in [0.2, 0.25) is 5.91 Å². The first kappa shape index (κ1) is 19.3. The smallest absolute Gasteiger partial charge is 0.308 e. The molecule has 1 aromatic rings. The van der Waals surface area contributed by atoms with Crippen LogP contribution >= 0.6 is 11.3 Å². The predicted octanol–water partition coefficient (Wildman–Crippen LogP) is 1.56. The first-order chi connectivity index (χ1) is 12.4. The van der Waals surface area contributed by atoms with E-state index < -0.39 is 10.0 Å². The monoisotopic (exact) mass is 400 g/mol. The van der Waals surface area contributed by atoms with Gasteiger partial charge in [0, 0.05) is 26.2 Å². The van der Waals surface area contributed by atoms with Crippen LogP contribution in [-0.4, -0.2) is 62.8 Å². The number of nitrogens with zero attached hydrogens (tertiary/aromatic N) is 2. The third-order valence-electron chi connectivity index (χ3n) is 5.16. The van der Waals surface area contributed by atoms with Gasteiger partial charge in [0.25, 0.3) is 10.0 Å². The normalized spacial score (nSPS) is 23.0. The highest BCUT2D eigenvalue weighted by molar-refractivity contribution is 7.91. The maximum Gasteiger partial charge on any atom is 0.308 e. The number of rotatable bonds is 4. The van der Waals surface area contributed by atoms with E-state index in [2.05, 4.69) is 0 Å². The van der Waals surface area contributed by atoms with Crippen molar-refractivity contribution in [2.45, 2.75) is 29.9 Å². The fourth-order valence-corrected chi connectivity index (χ4v) is 6.33. The summed E-state index contributed by atoms with van der Waals surface area (Å²) in [5, 5.41) is 1.74. The molecule has 0 aromatic carbocycles. The molecular formula is C17H24N2O5S2. The molecule has 0 saturated carbocycles. The number of carbonyl (C=O) groups is 2. The van der Waals surface area contributed by atoms with Gasteiger partial charge in [-0.15, -0.1) is 11.3 Å². The largest absolute Gasteiger partial charge is 0.469 e. The maximum atomic E-state index is 12.8. The number of carbonyl (C=O) groups excluding carboxylic acids is 2. The lowest BCUT2D eigenvalue weighted by atomic mass is 9.93. The molecule has 0 aliphatic carbocycles. The van der Waals surface area contributed by atoms with Crippen molar-refractivity contribution in [3.05, 3.63) is 17.5 Å². The SMILES string of the molecule is COC(=O)C1CCN(C(=O)[C@@H]2CCCN(S(=O)(=O)c3cccs3)C2)CC1. The van der Waals surface area contributed by atoms with Gasteiger partial charge in [-0.05, 0) is 37.1 Å². The van der Waals surface area contributed by atoms with E-state index in [-0.39, 0.29) is 30.3 Å². The third-order valence-corrected chi connectivity index (χ3v) is 8.40. The van der Waals surface area contributed by atoms with E-state index in [4.69, 9.17) is 4.74 Å². The van der Waals surface area contributed by atoms with Gasteiger partial charge in [0.15, 0.2) is 0 Å². The van der Waals surface area contributed by atoms with Gasteiger partial charge < -0.3 is 9.64 Å². The molecule has 1 amide bonds. The molecule has 0 unspecified atom stereocenters. The zero-order chi connectivity index (χ0) is 18.7. The van der Waals surface area contributed by atoms with Crippen LogP contribution in [0.5, 0.6) is 0 Å². The van der Waals surface area contributed by atoms with Gasteiger partial charge in [-0.3, -0.25) is 9.59 Å². The highest BCUT2D eigenvalue weighted by atomic mass is 32.2. The molecule has 26 heavy (non-hydrogen) atoms. The molecule has 3 heterocycles.